The van der Waals surface area contributed by atoms with E-state index in [0.29, 0.717) is 11.3 Å². The van der Waals surface area contributed by atoms with Gasteiger partial charge < -0.3 is 5.32 Å². The van der Waals surface area contributed by atoms with E-state index in [-0.39, 0.29) is 20.7 Å². The summed E-state index contributed by atoms with van der Waals surface area (Å²) >= 11 is 0. The first-order valence-corrected chi connectivity index (χ1v) is 10.8. The molecular formula is C23H15F3N2O3S. The molecule has 1 heterocycles. The lowest BCUT2D eigenvalue weighted by molar-refractivity contribution is -0.137. The molecule has 0 unspecified atom stereocenters. The standard InChI is InChI=1S/C23H15F3N2O3S/c24-23(25,26)16-9-11-17(12-10-16)32(30,31)20-13-14-27-21-18(20)7-4-8-19(21)28-22(29)15-5-2-1-3-6-15/h1-14H,(H,28,29). The number of anilines is 1. The topological polar surface area (TPSA) is 76.1 Å². The second-order valence-electron chi connectivity index (χ2n) is 6.86. The van der Waals surface area contributed by atoms with Gasteiger partial charge in [-0.15, -0.1) is 0 Å². The maximum atomic E-state index is 13.2. The summed E-state index contributed by atoms with van der Waals surface area (Å²) in [6.45, 7) is 0. The molecule has 0 saturated heterocycles. The largest absolute Gasteiger partial charge is 0.416 e. The lowest BCUT2D eigenvalue weighted by Gasteiger charge is -2.12. The minimum atomic E-state index is -4.57. The third kappa shape index (κ3) is 4.06. The smallest absolute Gasteiger partial charge is 0.320 e. The third-order valence-electron chi connectivity index (χ3n) is 4.80. The van der Waals surface area contributed by atoms with Crippen LogP contribution in [0.3, 0.4) is 0 Å². The van der Waals surface area contributed by atoms with Crippen molar-refractivity contribution in [3.05, 3.63) is 96.2 Å². The average Bonchev–Trinajstić information content (AvgIpc) is 2.79. The first-order valence-electron chi connectivity index (χ1n) is 9.34. The highest BCUT2D eigenvalue weighted by atomic mass is 32.2. The van der Waals surface area contributed by atoms with Crippen molar-refractivity contribution in [1.29, 1.82) is 0 Å². The Morgan fingerprint density at radius 2 is 1.53 bits per heavy atom. The van der Waals surface area contributed by atoms with Crippen molar-refractivity contribution in [2.75, 3.05) is 5.32 Å². The van der Waals surface area contributed by atoms with Gasteiger partial charge in [-0.3, -0.25) is 9.78 Å². The number of nitrogens with zero attached hydrogens (tertiary/aromatic N) is 1. The summed E-state index contributed by atoms with van der Waals surface area (Å²) in [6, 6.07) is 17.7. The zero-order valence-corrected chi connectivity index (χ0v) is 17.1. The summed E-state index contributed by atoms with van der Waals surface area (Å²) in [7, 11) is -4.15. The number of sulfone groups is 1. The van der Waals surface area contributed by atoms with Crippen LogP contribution in [0, 0.1) is 0 Å². The second-order valence-corrected chi connectivity index (χ2v) is 8.77. The van der Waals surface area contributed by atoms with Gasteiger partial charge in [0, 0.05) is 17.1 Å². The first kappa shape index (κ1) is 21.5. The summed E-state index contributed by atoms with van der Waals surface area (Å²) in [4.78, 5) is 16.3. The van der Waals surface area contributed by atoms with Crippen LogP contribution in [0.4, 0.5) is 18.9 Å². The minimum absolute atomic E-state index is 0.127. The van der Waals surface area contributed by atoms with Crippen LogP contribution in [0.1, 0.15) is 15.9 Å². The van der Waals surface area contributed by atoms with E-state index in [0.717, 1.165) is 24.3 Å². The van der Waals surface area contributed by atoms with Gasteiger partial charge in [0.25, 0.3) is 5.91 Å². The Bertz CT molecular complexity index is 1400. The van der Waals surface area contributed by atoms with E-state index in [2.05, 4.69) is 10.3 Å². The summed E-state index contributed by atoms with van der Waals surface area (Å²) in [5.74, 6) is -0.393. The Balaban J connectivity index is 1.76. The number of aromatic nitrogens is 1. The molecule has 0 fully saturated rings. The molecule has 0 aliphatic carbocycles. The lowest BCUT2D eigenvalue weighted by atomic mass is 10.1. The molecule has 4 rings (SSSR count). The third-order valence-corrected chi connectivity index (χ3v) is 6.62. The van der Waals surface area contributed by atoms with Crippen LogP contribution in [0.2, 0.25) is 0 Å². The maximum absolute atomic E-state index is 13.2. The fourth-order valence-electron chi connectivity index (χ4n) is 3.22. The Kier molecular flexibility index (Phi) is 5.43. The molecule has 162 valence electrons. The highest BCUT2D eigenvalue weighted by Crippen LogP contribution is 2.33. The van der Waals surface area contributed by atoms with Gasteiger partial charge in [-0.05, 0) is 48.5 Å². The van der Waals surface area contributed by atoms with Crippen LogP contribution in [0.5, 0.6) is 0 Å². The van der Waals surface area contributed by atoms with E-state index in [1.807, 2.05) is 0 Å². The zero-order valence-electron chi connectivity index (χ0n) is 16.3. The number of halogens is 3. The number of alkyl halides is 3. The molecule has 32 heavy (non-hydrogen) atoms. The number of nitrogens with one attached hydrogen (secondary N) is 1. The van der Waals surface area contributed by atoms with Crippen LogP contribution < -0.4 is 5.32 Å². The molecule has 9 heteroatoms. The first-order chi connectivity index (χ1) is 15.2. The van der Waals surface area contributed by atoms with Crippen LogP contribution in [-0.4, -0.2) is 19.3 Å². The predicted octanol–water partition coefficient (Wildman–Crippen LogP) is 5.34. The number of para-hydroxylation sites is 1. The molecule has 0 radical (unpaired) electrons. The van der Waals surface area contributed by atoms with Gasteiger partial charge in [-0.25, -0.2) is 8.42 Å². The number of carbonyl (C=O) groups excluding carboxylic acids is 1. The number of carbonyl (C=O) groups is 1. The summed E-state index contributed by atoms with van der Waals surface area (Å²) in [5, 5.41) is 2.96. The van der Waals surface area contributed by atoms with Gasteiger partial charge in [0.05, 0.1) is 26.6 Å². The Hall–Kier alpha value is -3.72. The normalized spacial score (nSPS) is 12.0. The predicted molar refractivity (Wildman–Crippen MR) is 113 cm³/mol. The van der Waals surface area contributed by atoms with Gasteiger partial charge in [0.1, 0.15) is 0 Å². The SMILES string of the molecule is O=C(Nc1cccc2c(S(=O)(=O)c3ccc(C(F)(F)F)cc3)ccnc12)c1ccccc1. The highest BCUT2D eigenvalue weighted by Gasteiger charge is 2.31. The second kappa shape index (κ2) is 8.08. The number of benzene rings is 3. The van der Waals surface area contributed by atoms with Crippen LogP contribution in [0.15, 0.2) is 94.9 Å². The zero-order chi connectivity index (χ0) is 22.9. The molecule has 0 bridgehead atoms. The molecule has 1 aromatic heterocycles. The highest BCUT2D eigenvalue weighted by molar-refractivity contribution is 7.91. The average molecular weight is 456 g/mol. The number of hydrogen-bond donors (Lipinski definition) is 1. The van der Waals surface area contributed by atoms with Crippen molar-refractivity contribution in [2.45, 2.75) is 16.0 Å². The Labute approximate surface area is 181 Å². The van der Waals surface area contributed by atoms with E-state index >= 15 is 0 Å². The number of hydrogen-bond acceptors (Lipinski definition) is 4. The van der Waals surface area contributed by atoms with Gasteiger partial charge in [-0.1, -0.05) is 30.3 Å². The van der Waals surface area contributed by atoms with Gasteiger partial charge >= 0.3 is 6.18 Å². The van der Waals surface area contributed by atoms with E-state index < -0.39 is 27.5 Å². The summed E-state index contributed by atoms with van der Waals surface area (Å²) in [6.07, 6.45) is -3.30. The van der Waals surface area contributed by atoms with E-state index in [4.69, 9.17) is 0 Å². The monoisotopic (exact) mass is 456 g/mol. The van der Waals surface area contributed by atoms with E-state index in [9.17, 15) is 26.4 Å². The molecule has 0 aliphatic heterocycles. The molecule has 3 aromatic carbocycles. The summed E-state index contributed by atoms with van der Waals surface area (Å²) < 4.78 is 64.8. The van der Waals surface area contributed by atoms with E-state index in [1.54, 1.807) is 42.5 Å². The molecule has 0 spiro atoms. The molecule has 1 amide bonds. The van der Waals surface area contributed by atoms with Crippen molar-refractivity contribution in [1.82, 2.24) is 4.98 Å². The van der Waals surface area contributed by atoms with Crippen LogP contribution in [-0.2, 0) is 16.0 Å². The lowest BCUT2D eigenvalue weighted by Crippen LogP contribution is -2.12. The van der Waals surface area contributed by atoms with Crippen LogP contribution in [0.25, 0.3) is 10.9 Å². The quantitative estimate of drug-likeness (QED) is 0.450. The molecule has 4 aromatic rings. The fraction of sp³-hybridized carbons (Fsp3) is 0.0435. The molecule has 0 aliphatic rings. The number of rotatable bonds is 4. The summed E-state index contributed by atoms with van der Waals surface area (Å²) in [5.41, 5.74) is 0.0190. The maximum Gasteiger partial charge on any atom is 0.416 e. The molecular weight excluding hydrogens is 441 g/mol. The minimum Gasteiger partial charge on any atom is -0.320 e. The number of fused-ring (bicyclic) bond motifs is 1. The number of pyridine rings is 1. The molecule has 0 saturated carbocycles. The van der Waals surface area contributed by atoms with Crippen molar-refractivity contribution in [3.63, 3.8) is 0 Å². The van der Waals surface area contributed by atoms with Crippen LogP contribution >= 0.6 is 0 Å². The number of amides is 1. The molecule has 0 atom stereocenters. The fourth-order valence-corrected chi connectivity index (χ4v) is 4.66. The van der Waals surface area contributed by atoms with Crippen molar-refractivity contribution in [2.24, 2.45) is 0 Å². The van der Waals surface area contributed by atoms with Gasteiger partial charge in [-0.2, -0.15) is 13.2 Å². The van der Waals surface area contributed by atoms with Gasteiger partial charge in [0.15, 0.2) is 0 Å². The van der Waals surface area contributed by atoms with Crippen molar-refractivity contribution < 1.29 is 26.4 Å². The molecule has 5 nitrogen and oxygen atoms in total. The van der Waals surface area contributed by atoms with Crippen molar-refractivity contribution in [3.8, 4) is 0 Å². The molecule has 1 N–H and O–H groups in total. The van der Waals surface area contributed by atoms with Crippen molar-refractivity contribution >= 4 is 32.3 Å². The Morgan fingerprint density at radius 3 is 2.19 bits per heavy atom. The van der Waals surface area contributed by atoms with Gasteiger partial charge in [0.2, 0.25) is 9.84 Å². The Morgan fingerprint density at radius 1 is 0.844 bits per heavy atom. The van der Waals surface area contributed by atoms with E-state index in [1.165, 1.54) is 18.3 Å².